The summed E-state index contributed by atoms with van der Waals surface area (Å²) in [5, 5.41) is 0.930. The largest absolute Gasteiger partial charge is 0.368 e. The number of pyridine rings is 1. The molecule has 0 amide bonds. The molecule has 1 aromatic carbocycles. The molecule has 0 atom stereocenters. The summed E-state index contributed by atoms with van der Waals surface area (Å²) >= 11 is 0. The van der Waals surface area contributed by atoms with Gasteiger partial charge in [-0.2, -0.15) is 0 Å². The van der Waals surface area contributed by atoms with Gasteiger partial charge in [-0.1, -0.05) is 30.0 Å². The minimum absolute atomic E-state index is 0.239. The van der Waals surface area contributed by atoms with Gasteiger partial charge in [-0.15, -0.1) is 0 Å². The van der Waals surface area contributed by atoms with Gasteiger partial charge >= 0.3 is 0 Å². The van der Waals surface area contributed by atoms with E-state index in [9.17, 15) is 0 Å². The highest BCUT2D eigenvalue weighted by molar-refractivity contribution is 5.97. The molecule has 5 nitrogen and oxygen atoms in total. The molecule has 0 saturated heterocycles. The molecular weight excluding hydrogens is 298 g/mol. The second-order valence-electron chi connectivity index (χ2n) is 5.20. The molecule has 24 heavy (non-hydrogen) atoms. The number of hydrogen-bond acceptors (Lipinski definition) is 4. The quantitative estimate of drug-likeness (QED) is 0.530. The first-order valence-electron chi connectivity index (χ1n) is 7.43. The summed E-state index contributed by atoms with van der Waals surface area (Å²) in [7, 11) is 0. The number of rotatable bonds is 1. The number of nitrogens with two attached hydrogens (primary N) is 1. The van der Waals surface area contributed by atoms with Crippen LogP contribution in [0.4, 0.5) is 5.95 Å². The number of hydrogen-bond donors (Lipinski definition) is 2. The summed E-state index contributed by atoms with van der Waals surface area (Å²) in [6.45, 7) is 0. The standard InChI is InChI=1S/C19H13N5/c20-19-22-11-9-16(24-19)15-12-23-18-17(15)14(8-10-21-18)7-6-13-4-2-1-3-5-13/h1-5,8-12H,(H,21,23)(H2,20,22,24). The van der Waals surface area contributed by atoms with E-state index in [1.54, 1.807) is 12.4 Å². The fraction of sp³-hybridized carbons (Fsp3) is 0. The van der Waals surface area contributed by atoms with Crippen molar-refractivity contribution in [3.8, 4) is 23.1 Å². The zero-order chi connectivity index (χ0) is 16.4. The van der Waals surface area contributed by atoms with E-state index < -0.39 is 0 Å². The van der Waals surface area contributed by atoms with Crippen LogP contribution in [-0.2, 0) is 0 Å². The average molecular weight is 311 g/mol. The van der Waals surface area contributed by atoms with E-state index >= 15 is 0 Å². The van der Waals surface area contributed by atoms with Gasteiger partial charge in [-0.3, -0.25) is 0 Å². The Morgan fingerprint density at radius 2 is 1.75 bits per heavy atom. The van der Waals surface area contributed by atoms with Crippen molar-refractivity contribution in [2.45, 2.75) is 0 Å². The number of fused-ring (bicyclic) bond motifs is 1. The number of nitrogen functional groups attached to an aromatic ring is 1. The smallest absolute Gasteiger partial charge is 0.220 e. The minimum atomic E-state index is 0.239. The van der Waals surface area contributed by atoms with Crippen molar-refractivity contribution in [3.63, 3.8) is 0 Å². The van der Waals surface area contributed by atoms with Gasteiger partial charge in [0.2, 0.25) is 5.95 Å². The fourth-order valence-electron chi connectivity index (χ4n) is 2.55. The van der Waals surface area contributed by atoms with E-state index in [1.807, 2.05) is 48.7 Å². The Labute approximate surface area is 138 Å². The van der Waals surface area contributed by atoms with Crippen molar-refractivity contribution in [2.75, 3.05) is 5.73 Å². The molecule has 5 heteroatoms. The van der Waals surface area contributed by atoms with Gasteiger partial charge in [0.25, 0.3) is 0 Å². The molecule has 0 saturated carbocycles. The highest BCUT2D eigenvalue weighted by atomic mass is 15.0. The van der Waals surface area contributed by atoms with E-state index in [0.717, 1.165) is 33.4 Å². The van der Waals surface area contributed by atoms with Crippen molar-refractivity contribution in [3.05, 3.63) is 72.2 Å². The lowest BCUT2D eigenvalue weighted by Crippen LogP contribution is -1.95. The summed E-state index contributed by atoms with van der Waals surface area (Å²) in [5.74, 6) is 6.65. The van der Waals surface area contributed by atoms with Crippen molar-refractivity contribution < 1.29 is 0 Å². The molecule has 4 aromatic rings. The molecule has 3 heterocycles. The summed E-state index contributed by atoms with van der Waals surface area (Å²) in [4.78, 5) is 15.8. The van der Waals surface area contributed by atoms with Crippen LogP contribution in [0.25, 0.3) is 22.3 Å². The van der Waals surface area contributed by atoms with Crippen molar-refractivity contribution in [2.24, 2.45) is 0 Å². The Balaban J connectivity index is 1.88. The first kappa shape index (κ1) is 14.0. The van der Waals surface area contributed by atoms with Gasteiger partial charge in [0.05, 0.1) is 5.69 Å². The van der Waals surface area contributed by atoms with Crippen molar-refractivity contribution >= 4 is 17.0 Å². The maximum absolute atomic E-state index is 5.71. The molecule has 3 N–H and O–H groups in total. The van der Waals surface area contributed by atoms with Crippen molar-refractivity contribution in [1.29, 1.82) is 0 Å². The molecule has 114 valence electrons. The van der Waals surface area contributed by atoms with E-state index in [2.05, 4.69) is 31.8 Å². The van der Waals surface area contributed by atoms with Gasteiger partial charge < -0.3 is 10.7 Å². The van der Waals surface area contributed by atoms with Gasteiger partial charge in [0, 0.05) is 40.7 Å². The Bertz CT molecular complexity index is 1070. The lowest BCUT2D eigenvalue weighted by Gasteiger charge is -2.01. The lowest BCUT2D eigenvalue weighted by atomic mass is 10.1. The maximum Gasteiger partial charge on any atom is 0.220 e. The van der Waals surface area contributed by atoms with E-state index in [4.69, 9.17) is 5.73 Å². The zero-order valence-electron chi connectivity index (χ0n) is 12.7. The van der Waals surface area contributed by atoms with Gasteiger partial charge in [-0.05, 0) is 24.3 Å². The van der Waals surface area contributed by atoms with Gasteiger partial charge in [0.1, 0.15) is 5.65 Å². The first-order valence-corrected chi connectivity index (χ1v) is 7.43. The van der Waals surface area contributed by atoms with Crippen LogP contribution < -0.4 is 5.73 Å². The molecule has 0 fully saturated rings. The Morgan fingerprint density at radius 1 is 0.917 bits per heavy atom. The van der Waals surface area contributed by atoms with Crippen LogP contribution in [0.15, 0.2) is 61.1 Å². The Kier molecular flexibility index (Phi) is 3.41. The van der Waals surface area contributed by atoms with Crippen LogP contribution in [0.1, 0.15) is 11.1 Å². The van der Waals surface area contributed by atoms with E-state index in [1.165, 1.54) is 0 Å². The predicted octanol–water partition coefficient (Wildman–Crippen LogP) is 3.00. The van der Waals surface area contributed by atoms with Crippen LogP contribution >= 0.6 is 0 Å². The molecule has 0 radical (unpaired) electrons. The number of H-pyrrole nitrogens is 1. The second-order valence-corrected chi connectivity index (χ2v) is 5.20. The maximum atomic E-state index is 5.71. The monoisotopic (exact) mass is 311 g/mol. The third kappa shape index (κ3) is 2.57. The summed E-state index contributed by atoms with van der Waals surface area (Å²) in [6, 6.07) is 13.6. The van der Waals surface area contributed by atoms with Gasteiger partial charge in [-0.25, -0.2) is 15.0 Å². The number of aromatic amines is 1. The Hall–Kier alpha value is -3.65. The fourth-order valence-corrected chi connectivity index (χ4v) is 2.55. The summed E-state index contributed by atoms with van der Waals surface area (Å²) in [5.41, 5.74) is 9.97. The highest BCUT2D eigenvalue weighted by Crippen LogP contribution is 2.28. The molecule has 4 rings (SSSR count). The second kappa shape index (κ2) is 5.86. The average Bonchev–Trinajstić information content (AvgIpc) is 3.05. The topological polar surface area (TPSA) is 80.5 Å². The Morgan fingerprint density at radius 3 is 2.58 bits per heavy atom. The van der Waals surface area contributed by atoms with Crippen LogP contribution in [0.3, 0.4) is 0 Å². The number of aromatic nitrogens is 4. The molecular formula is C19H13N5. The number of nitrogens with zero attached hydrogens (tertiary/aromatic N) is 3. The van der Waals surface area contributed by atoms with E-state index in [0.29, 0.717) is 0 Å². The molecule has 0 unspecified atom stereocenters. The molecule has 0 aliphatic heterocycles. The molecule has 3 aromatic heterocycles. The first-order chi connectivity index (χ1) is 11.8. The van der Waals surface area contributed by atoms with Crippen LogP contribution in [0, 0.1) is 11.8 Å². The third-order valence-electron chi connectivity index (χ3n) is 3.64. The number of nitrogens with one attached hydrogen (secondary N) is 1. The third-order valence-corrected chi connectivity index (χ3v) is 3.64. The SMILES string of the molecule is Nc1nccc(-c2c[nH]c3nccc(C#Cc4ccccc4)c23)n1. The molecule has 0 aliphatic carbocycles. The lowest BCUT2D eigenvalue weighted by molar-refractivity contribution is 1.19. The highest BCUT2D eigenvalue weighted by Gasteiger charge is 2.11. The van der Waals surface area contributed by atoms with Crippen LogP contribution in [0.5, 0.6) is 0 Å². The van der Waals surface area contributed by atoms with E-state index in [-0.39, 0.29) is 5.95 Å². The van der Waals surface area contributed by atoms with Gasteiger partial charge in [0.15, 0.2) is 0 Å². The summed E-state index contributed by atoms with van der Waals surface area (Å²) < 4.78 is 0. The molecule has 0 bridgehead atoms. The number of anilines is 1. The van der Waals surface area contributed by atoms with Crippen molar-refractivity contribution in [1.82, 2.24) is 19.9 Å². The predicted molar refractivity (Wildman–Crippen MR) is 94.0 cm³/mol. The molecule has 0 aliphatic rings. The minimum Gasteiger partial charge on any atom is -0.368 e. The van der Waals surface area contributed by atoms with Crippen LogP contribution in [-0.4, -0.2) is 19.9 Å². The van der Waals surface area contributed by atoms with Crippen LogP contribution in [0.2, 0.25) is 0 Å². The normalized spacial score (nSPS) is 10.3. The molecule has 0 spiro atoms. The number of benzene rings is 1. The summed E-state index contributed by atoms with van der Waals surface area (Å²) in [6.07, 6.45) is 5.25. The zero-order valence-corrected chi connectivity index (χ0v) is 12.7.